The molecule has 194 valence electrons. The van der Waals surface area contributed by atoms with Crippen molar-refractivity contribution < 1.29 is 18.7 Å². The van der Waals surface area contributed by atoms with Gasteiger partial charge >= 0.3 is 0 Å². The fourth-order valence-electron chi connectivity index (χ4n) is 4.29. The Kier molecular flexibility index (Phi) is 9.15. The number of halogens is 2. The van der Waals surface area contributed by atoms with Crippen molar-refractivity contribution in [3.8, 4) is 0 Å². The van der Waals surface area contributed by atoms with Gasteiger partial charge < -0.3 is 20.3 Å². The van der Waals surface area contributed by atoms with E-state index in [1.54, 1.807) is 4.57 Å². The molecule has 2 atom stereocenters. The summed E-state index contributed by atoms with van der Waals surface area (Å²) < 4.78 is 30.9. The molecular formula is C28H29F2N3O2S2. The maximum Gasteiger partial charge on any atom is 0.240 e. The van der Waals surface area contributed by atoms with E-state index in [-0.39, 0.29) is 25.4 Å². The van der Waals surface area contributed by atoms with Gasteiger partial charge in [0.15, 0.2) is 3.95 Å². The number of aliphatic hydroxyl groups excluding tert-OH is 1. The molecule has 9 heteroatoms. The van der Waals surface area contributed by atoms with Gasteiger partial charge in [0.1, 0.15) is 18.2 Å². The zero-order valence-electron chi connectivity index (χ0n) is 20.4. The van der Waals surface area contributed by atoms with Gasteiger partial charge in [-0.3, -0.25) is 4.79 Å². The number of nitrogens with zero attached hydrogens (tertiary/aromatic N) is 1. The first kappa shape index (κ1) is 27.1. The number of hydrogen-bond donors (Lipinski definition) is 3. The zero-order chi connectivity index (χ0) is 26.4. The molecular weight excluding hydrogens is 512 g/mol. The van der Waals surface area contributed by atoms with Crippen molar-refractivity contribution in [1.82, 2.24) is 15.2 Å². The van der Waals surface area contributed by atoms with E-state index in [4.69, 9.17) is 12.2 Å². The summed E-state index contributed by atoms with van der Waals surface area (Å²) in [5, 5.41) is 17.1. The summed E-state index contributed by atoms with van der Waals surface area (Å²) in [7, 11) is 0. The molecule has 1 heterocycles. The van der Waals surface area contributed by atoms with Crippen molar-refractivity contribution >= 4 is 39.7 Å². The minimum Gasteiger partial charge on any atom is -0.390 e. The van der Waals surface area contributed by atoms with Gasteiger partial charge in [-0.2, -0.15) is 0 Å². The van der Waals surface area contributed by atoms with Crippen molar-refractivity contribution in [2.75, 3.05) is 6.54 Å². The van der Waals surface area contributed by atoms with E-state index in [1.807, 2.05) is 36.4 Å². The highest BCUT2D eigenvalue weighted by atomic mass is 32.1. The van der Waals surface area contributed by atoms with Crippen LogP contribution in [0.25, 0.3) is 10.2 Å². The molecule has 3 N–H and O–H groups in total. The maximum atomic E-state index is 13.8. The molecule has 0 bridgehead atoms. The van der Waals surface area contributed by atoms with Crippen LogP contribution >= 0.6 is 23.6 Å². The van der Waals surface area contributed by atoms with Crippen molar-refractivity contribution in [3.63, 3.8) is 0 Å². The summed E-state index contributed by atoms with van der Waals surface area (Å²) in [6.45, 7) is 2.78. The Hall–Kier alpha value is -2.98. The lowest BCUT2D eigenvalue weighted by Gasteiger charge is -2.25. The molecule has 0 saturated carbocycles. The van der Waals surface area contributed by atoms with Gasteiger partial charge in [0, 0.05) is 19.2 Å². The number of aromatic nitrogens is 1. The van der Waals surface area contributed by atoms with Crippen LogP contribution in [0, 0.1) is 15.6 Å². The Morgan fingerprint density at radius 3 is 2.51 bits per heavy atom. The Morgan fingerprint density at radius 2 is 1.76 bits per heavy atom. The first-order valence-corrected chi connectivity index (χ1v) is 13.3. The van der Waals surface area contributed by atoms with Crippen molar-refractivity contribution in [1.29, 1.82) is 0 Å². The van der Waals surface area contributed by atoms with Crippen LogP contribution in [0.4, 0.5) is 8.78 Å². The zero-order valence-corrected chi connectivity index (χ0v) is 22.0. The predicted octanol–water partition coefficient (Wildman–Crippen LogP) is 5.15. The van der Waals surface area contributed by atoms with E-state index in [1.165, 1.54) is 29.0 Å². The summed E-state index contributed by atoms with van der Waals surface area (Å²) in [4.78, 5) is 13.1. The molecule has 0 aliphatic rings. The third kappa shape index (κ3) is 7.29. The summed E-state index contributed by atoms with van der Waals surface area (Å²) in [5.41, 5.74) is 3.50. The monoisotopic (exact) mass is 541 g/mol. The largest absolute Gasteiger partial charge is 0.390 e. The molecule has 4 aromatic rings. The second kappa shape index (κ2) is 12.5. The number of hydrogen-bond acceptors (Lipinski definition) is 5. The Labute approximate surface area is 223 Å². The lowest BCUT2D eigenvalue weighted by molar-refractivity contribution is -0.123. The number of amides is 1. The number of fused-ring (bicyclic) bond motifs is 1. The van der Waals surface area contributed by atoms with Gasteiger partial charge in [-0.1, -0.05) is 43.3 Å². The van der Waals surface area contributed by atoms with Gasteiger partial charge in [-0.15, -0.1) is 11.3 Å². The van der Waals surface area contributed by atoms with Crippen LogP contribution in [0.15, 0.2) is 66.7 Å². The standard InChI is InChI=1S/C28H29F2N3O2S2/c1-2-18-6-5-7-19(10-18)15-31-16-25(34)23(13-20-11-21(29)14-22(30)12-20)32-27(35)17-33-24-8-3-4-9-26(24)37-28(33)36/h3-12,14,23,25,31,34H,2,13,15-17H2,1H3,(H,32,35)/t23-,25+/m0/s1. The van der Waals surface area contributed by atoms with Crippen LogP contribution in [0.2, 0.25) is 0 Å². The summed E-state index contributed by atoms with van der Waals surface area (Å²) in [6.07, 6.45) is -0.0143. The second-order valence-electron chi connectivity index (χ2n) is 8.95. The van der Waals surface area contributed by atoms with E-state index < -0.39 is 23.8 Å². The lowest BCUT2D eigenvalue weighted by Crippen LogP contribution is -2.49. The minimum absolute atomic E-state index is 0.0270. The number of thiazole rings is 1. The number of benzene rings is 3. The molecule has 3 aromatic carbocycles. The number of aryl methyl sites for hydroxylation is 1. The van der Waals surface area contributed by atoms with Crippen LogP contribution < -0.4 is 10.6 Å². The number of rotatable bonds is 11. The fraction of sp³-hybridized carbons (Fsp3) is 0.286. The minimum atomic E-state index is -1.00. The Balaban J connectivity index is 1.47. The van der Waals surface area contributed by atoms with E-state index >= 15 is 0 Å². The summed E-state index contributed by atoms with van der Waals surface area (Å²) >= 11 is 6.87. The highest BCUT2D eigenvalue weighted by Gasteiger charge is 2.23. The maximum absolute atomic E-state index is 13.8. The van der Waals surface area contributed by atoms with Crippen LogP contribution in [-0.4, -0.2) is 34.3 Å². The molecule has 1 aromatic heterocycles. The molecule has 0 saturated heterocycles. The summed E-state index contributed by atoms with van der Waals surface area (Å²) in [5.74, 6) is -1.77. The molecule has 0 spiro atoms. The number of aliphatic hydroxyl groups is 1. The van der Waals surface area contributed by atoms with Gasteiger partial charge in [-0.05, 0) is 66.0 Å². The average molecular weight is 542 g/mol. The van der Waals surface area contributed by atoms with Crippen molar-refractivity contribution in [2.24, 2.45) is 0 Å². The number of carbonyl (C=O) groups excluding carboxylic acids is 1. The SMILES string of the molecule is CCc1cccc(CNC[C@@H](O)[C@H](Cc2cc(F)cc(F)c2)NC(=O)Cn2c(=S)sc3ccccc32)c1. The van der Waals surface area contributed by atoms with Crippen molar-refractivity contribution in [3.05, 3.63) is 99.0 Å². The third-order valence-electron chi connectivity index (χ3n) is 6.15. The van der Waals surface area contributed by atoms with Crippen molar-refractivity contribution in [2.45, 2.75) is 45.0 Å². The van der Waals surface area contributed by atoms with Crippen LogP contribution in [-0.2, 0) is 30.7 Å². The normalized spacial score (nSPS) is 13.0. The van der Waals surface area contributed by atoms with Crippen LogP contribution in [0.5, 0.6) is 0 Å². The van der Waals surface area contributed by atoms with E-state index in [2.05, 4.69) is 29.7 Å². The first-order chi connectivity index (χ1) is 17.8. The van der Waals surface area contributed by atoms with Gasteiger partial charge in [0.25, 0.3) is 0 Å². The molecule has 0 unspecified atom stereocenters. The second-order valence-corrected chi connectivity index (χ2v) is 10.6. The Bertz CT molecular complexity index is 1420. The van der Waals surface area contributed by atoms with E-state index in [0.717, 1.165) is 28.3 Å². The first-order valence-electron chi connectivity index (χ1n) is 12.1. The quantitative estimate of drug-likeness (QED) is 0.230. The van der Waals surface area contributed by atoms with Gasteiger partial charge in [-0.25, -0.2) is 8.78 Å². The van der Waals surface area contributed by atoms with E-state index in [0.29, 0.717) is 16.1 Å². The highest BCUT2D eigenvalue weighted by molar-refractivity contribution is 7.73. The van der Waals surface area contributed by atoms with E-state index in [9.17, 15) is 18.7 Å². The number of para-hydroxylation sites is 1. The Morgan fingerprint density at radius 1 is 1.03 bits per heavy atom. The molecule has 5 nitrogen and oxygen atoms in total. The fourth-order valence-corrected chi connectivity index (χ4v) is 5.61. The van der Waals surface area contributed by atoms with Crippen LogP contribution in [0.3, 0.4) is 0 Å². The topological polar surface area (TPSA) is 66.3 Å². The third-order valence-corrected chi connectivity index (χ3v) is 7.58. The summed E-state index contributed by atoms with van der Waals surface area (Å²) in [6, 6.07) is 18.2. The molecule has 0 aliphatic heterocycles. The lowest BCUT2D eigenvalue weighted by atomic mass is 10.0. The molecule has 1 amide bonds. The molecule has 0 radical (unpaired) electrons. The van der Waals surface area contributed by atoms with Gasteiger partial charge in [0.2, 0.25) is 5.91 Å². The van der Waals surface area contributed by atoms with Gasteiger partial charge in [0.05, 0.1) is 22.4 Å². The number of carbonyl (C=O) groups is 1. The molecule has 37 heavy (non-hydrogen) atoms. The average Bonchev–Trinajstić information content (AvgIpc) is 3.17. The molecule has 0 aliphatic carbocycles. The highest BCUT2D eigenvalue weighted by Crippen LogP contribution is 2.22. The predicted molar refractivity (Wildman–Crippen MR) is 146 cm³/mol. The number of nitrogens with one attached hydrogen (secondary N) is 2. The molecule has 0 fully saturated rings. The smallest absolute Gasteiger partial charge is 0.240 e. The van der Waals surface area contributed by atoms with Crippen LogP contribution in [0.1, 0.15) is 23.6 Å². The molecule has 4 rings (SSSR count).